The molecule has 1 N–H and O–H groups in total. The molecule has 0 radical (unpaired) electrons. The molecule has 3 nitrogen and oxygen atoms in total. The van der Waals surface area contributed by atoms with E-state index in [2.05, 4.69) is 46.1 Å². The lowest BCUT2D eigenvalue weighted by Gasteiger charge is -2.26. The van der Waals surface area contributed by atoms with Crippen molar-refractivity contribution in [3.05, 3.63) is 28.8 Å². The van der Waals surface area contributed by atoms with E-state index >= 15 is 0 Å². The molecule has 1 unspecified atom stereocenters. The molecular weight excluding hydrogens is 350 g/mol. The highest BCUT2D eigenvalue weighted by molar-refractivity contribution is 7.99. The van der Waals surface area contributed by atoms with Crippen LogP contribution in [0.2, 0.25) is 5.02 Å². The van der Waals surface area contributed by atoms with Gasteiger partial charge in [-0.1, -0.05) is 18.0 Å². The molecule has 5 heteroatoms. The zero-order valence-electron chi connectivity index (χ0n) is 15.5. The maximum atomic E-state index is 6.27. The first-order valence-electron chi connectivity index (χ1n) is 9.78. The molecule has 140 valence electrons. The van der Waals surface area contributed by atoms with Crippen LogP contribution in [0.4, 0.5) is 5.69 Å². The van der Waals surface area contributed by atoms with Gasteiger partial charge in [0.2, 0.25) is 0 Å². The number of hydrogen-bond acceptors (Lipinski definition) is 4. The SMILES string of the molecule is CN1CCCC(NCCCCCN2CCSCC2)c2cc(Cl)ccc21. The summed E-state index contributed by atoms with van der Waals surface area (Å²) in [6.45, 7) is 6.09. The Labute approximate surface area is 162 Å². The fraction of sp³-hybridized carbons (Fsp3) is 0.700. The molecule has 1 fully saturated rings. The van der Waals surface area contributed by atoms with Crippen LogP contribution in [-0.4, -0.2) is 56.2 Å². The third kappa shape index (κ3) is 5.78. The van der Waals surface area contributed by atoms with E-state index in [1.165, 1.54) is 74.5 Å². The molecule has 0 aromatic heterocycles. The van der Waals surface area contributed by atoms with Crippen molar-refractivity contribution in [1.82, 2.24) is 10.2 Å². The molecular formula is C20H32ClN3S. The average molecular weight is 382 g/mol. The normalized spacial score (nSPS) is 21.8. The maximum absolute atomic E-state index is 6.27. The quantitative estimate of drug-likeness (QED) is 0.704. The number of anilines is 1. The molecule has 0 aliphatic carbocycles. The van der Waals surface area contributed by atoms with E-state index in [0.717, 1.165) is 18.1 Å². The minimum atomic E-state index is 0.442. The number of benzene rings is 1. The van der Waals surface area contributed by atoms with Gasteiger partial charge in [0.25, 0.3) is 0 Å². The Kier molecular flexibility index (Phi) is 7.78. The Morgan fingerprint density at radius 2 is 2.00 bits per heavy atom. The van der Waals surface area contributed by atoms with Gasteiger partial charge in [-0.3, -0.25) is 0 Å². The molecule has 1 aromatic rings. The second kappa shape index (κ2) is 10.1. The van der Waals surface area contributed by atoms with Crippen molar-refractivity contribution in [1.29, 1.82) is 0 Å². The number of nitrogens with zero attached hydrogens (tertiary/aromatic N) is 2. The third-order valence-electron chi connectivity index (χ3n) is 5.41. The van der Waals surface area contributed by atoms with Crippen LogP contribution < -0.4 is 10.2 Å². The topological polar surface area (TPSA) is 18.5 Å². The number of fused-ring (bicyclic) bond motifs is 1. The Morgan fingerprint density at radius 3 is 2.84 bits per heavy atom. The summed E-state index contributed by atoms with van der Waals surface area (Å²) in [5.74, 6) is 2.64. The second-order valence-corrected chi connectivity index (χ2v) is 8.95. The Morgan fingerprint density at radius 1 is 1.16 bits per heavy atom. The second-order valence-electron chi connectivity index (χ2n) is 7.29. The van der Waals surface area contributed by atoms with Crippen molar-refractivity contribution in [2.75, 3.05) is 56.2 Å². The van der Waals surface area contributed by atoms with Gasteiger partial charge in [0.1, 0.15) is 0 Å². The minimum Gasteiger partial charge on any atom is -0.374 e. The Bertz CT molecular complexity index is 534. The van der Waals surface area contributed by atoms with E-state index in [1.54, 1.807) is 0 Å². The lowest BCUT2D eigenvalue weighted by molar-refractivity contribution is 0.294. The number of nitrogens with one attached hydrogen (secondary N) is 1. The highest BCUT2D eigenvalue weighted by Gasteiger charge is 2.21. The van der Waals surface area contributed by atoms with Crippen molar-refractivity contribution in [2.45, 2.75) is 38.1 Å². The summed E-state index contributed by atoms with van der Waals surface area (Å²) >= 11 is 8.36. The van der Waals surface area contributed by atoms with Gasteiger partial charge < -0.3 is 15.1 Å². The number of thioether (sulfide) groups is 1. The van der Waals surface area contributed by atoms with E-state index in [4.69, 9.17) is 11.6 Å². The first kappa shape index (κ1) is 19.3. The maximum Gasteiger partial charge on any atom is 0.0413 e. The summed E-state index contributed by atoms with van der Waals surface area (Å²) in [7, 11) is 2.19. The smallest absolute Gasteiger partial charge is 0.0413 e. The predicted molar refractivity (Wildman–Crippen MR) is 112 cm³/mol. The molecule has 0 saturated carbocycles. The number of unbranched alkanes of at least 4 members (excludes halogenated alkanes) is 2. The van der Waals surface area contributed by atoms with E-state index in [-0.39, 0.29) is 0 Å². The van der Waals surface area contributed by atoms with E-state index in [1.807, 2.05) is 6.07 Å². The largest absolute Gasteiger partial charge is 0.374 e. The van der Waals surface area contributed by atoms with Gasteiger partial charge >= 0.3 is 0 Å². The van der Waals surface area contributed by atoms with Gasteiger partial charge in [0.05, 0.1) is 0 Å². The summed E-state index contributed by atoms with van der Waals surface area (Å²) in [4.78, 5) is 4.99. The predicted octanol–water partition coefficient (Wildman–Crippen LogP) is 4.42. The first-order chi connectivity index (χ1) is 12.2. The van der Waals surface area contributed by atoms with Gasteiger partial charge in [-0.05, 0) is 62.5 Å². The highest BCUT2D eigenvalue weighted by atomic mass is 35.5. The molecule has 0 spiro atoms. The zero-order chi connectivity index (χ0) is 17.5. The fourth-order valence-corrected chi connectivity index (χ4v) is 5.07. The van der Waals surface area contributed by atoms with Crippen LogP contribution in [0.5, 0.6) is 0 Å². The van der Waals surface area contributed by atoms with Crippen LogP contribution in [0.3, 0.4) is 0 Å². The summed E-state index contributed by atoms with van der Waals surface area (Å²) in [6.07, 6.45) is 6.36. The molecule has 1 atom stereocenters. The molecule has 25 heavy (non-hydrogen) atoms. The standard InChI is InChI=1S/C20H32ClN3S/c1-23-10-5-6-19(18-16-17(21)7-8-20(18)23)22-9-3-2-4-11-24-12-14-25-15-13-24/h7-8,16,19,22H,2-6,9-15H2,1H3. The van der Waals surface area contributed by atoms with Crippen molar-refractivity contribution in [2.24, 2.45) is 0 Å². The number of halogens is 1. The Balaban J connectivity index is 1.42. The van der Waals surface area contributed by atoms with E-state index in [9.17, 15) is 0 Å². The lowest BCUT2D eigenvalue weighted by Crippen LogP contribution is -2.33. The van der Waals surface area contributed by atoms with Crippen LogP contribution in [-0.2, 0) is 0 Å². The first-order valence-corrected chi connectivity index (χ1v) is 11.3. The molecule has 2 aliphatic rings. The molecule has 2 heterocycles. The van der Waals surface area contributed by atoms with Gasteiger partial charge in [0, 0.05) is 54.9 Å². The number of rotatable bonds is 7. The van der Waals surface area contributed by atoms with Crippen molar-refractivity contribution in [3.8, 4) is 0 Å². The van der Waals surface area contributed by atoms with Crippen molar-refractivity contribution in [3.63, 3.8) is 0 Å². The molecule has 0 bridgehead atoms. The van der Waals surface area contributed by atoms with Crippen LogP contribution in [0.1, 0.15) is 43.7 Å². The van der Waals surface area contributed by atoms with Gasteiger partial charge in [0.15, 0.2) is 0 Å². The summed E-state index contributed by atoms with van der Waals surface area (Å²) < 4.78 is 0. The summed E-state index contributed by atoms with van der Waals surface area (Å²) in [5.41, 5.74) is 2.71. The van der Waals surface area contributed by atoms with Crippen molar-refractivity contribution < 1.29 is 0 Å². The van der Waals surface area contributed by atoms with Crippen LogP contribution >= 0.6 is 23.4 Å². The molecule has 1 saturated heterocycles. The molecule has 1 aromatic carbocycles. The van der Waals surface area contributed by atoms with Gasteiger partial charge in [-0.2, -0.15) is 11.8 Å². The van der Waals surface area contributed by atoms with Crippen LogP contribution in [0.25, 0.3) is 0 Å². The molecule has 3 rings (SSSR count). The minimum absolute atomic E-state index is 0.442. The lowest BCUT2D eigenvalue weighted by atomic mass is 10.0. The highest BCUT2D eigenvalue weighted by Crippen LogP contribution is 2.34. The van der Waals surface area contributed by atoms with Crippen molar-refractivity contribution >= 4 is 29.1 Å². The van der Waals surface area contributed by atoms with Crippen LogP contribution in [0.15, 0.2) is 18.2 Å². The average Bonchev–Trinajstić information content (AvgIpc) is 2.78. The fourth-order valence-electron chi connectivity index (χ4n) is 3.91. The van der Waals surface area contributed by atoms with E-state index in [0.29, 0.717) is 6.04 Å². The molecule has 2 aliphatic heterocycles. The molecule has 0 amide bonds. The number of hydrogen-bond donors (Lipinski definition) is 1. The van der Waals surface area contributed by atoms with Crippen LogP contribution in [0, 0.1) is 0 Å². The monoisotopic (exact) mass is 381 g/mol. The van der Waals surface area contributed by atoms with Gasteiger partial charge in [-0.15, -0.1) is 0 Å². The third-order valence-corrected chi connectivity index (χ3v) is 6.59. The van der Waals surface area contributed by atoms with Gasteiger partial charge in [-0.25, -0.2) is 0 Å². The Hall–Kier alpha value is -0.420. The van der Waals surface area contributed by atoms with E-state index < -0.39 is 0 Å². The summed E-state index contributed by atoms with van der Waals surface area (Å²) in [6, 6.07) is 6.79. The summed E-state index contributed by atoms with van der Waals surface area (Å²) in [5, 5.41) is 4.65. The zero-order valence-corrected chi connectivity index (χ0v) is 17.0.